The van der Waals surface area contributed by atoms with Crippen LogP contribution < -0.4 is 10.1 Å². The summed E-state index contributed by atoms with van der Waals surface area (Å²) < 4.78 is 7.46. The lowest BCUT2D eigenvalue weighted by Crippen LogP contribution is -2.20. The maximum absolute atomic E-state index is 12.3. The number of hydrogen-bond donors (Lipinski definition) is 1. The van der Waals surface area contributed by atoms with E-state index in [1.807, 2.05) is 61.5 Å². The molecule has 0 saturated heterocycles. The zero-order chi connectivity index (χ0) is 17.1. The van der Waals surface area contributed by atoms with E-state index in [1.54, 1.807) is 0 Å². The molecule has 0 aliphatic carbocycles. The van der Waals surface area contributed by atoms with Gasteiger partial charge in [0.25, 0.3) is 5.91 Å². The maximum Gasteiger partial charge on any atom is 0.262 e. The van der Waals surface area contributed by atoms with Crippen LogP contribution in [0.1, 0.15) is 5.56 Å². The van der Waals surface area contributed by atoms with Crippen LogP contribution in [0, 0.1) is 6.92 Å². The van der Waals surface area contributed by atoms with Gasteiger partial charge in [0.15, 0.2) is 6.61 Å². The van der Waals surface area contributed by atoms with E-state index in [0.717, 1.165) is 31.0 Å². The van der Waals surface area contributed by atoms with Crippen LogP contribution in [0.25, 0.3) is 10.8 Å². The molecule has 0 radical (unpaired) electrons. The third-order valence-corrected chi connectivity index (χ3v) is 4.65. The van der Waals surface area contributed by atoms with E-state index < -0.39 is 0 Å². The van der Waals surface area contributed by atoms with Crippen LogP contribution in [0.4, 0.5) is 5.69 Å². The molecular weight excluding hydrogens is 434 g/mol. The summed E-state index contributed by atoms with van der Waals surface area (Å²) in [4.78, 5) is 12.3. The number of carbonyl (C=O) groups is 1. The quantitative estimate of drug-likeness (QED) is 0.556. The van der Waals surface area contributed by atoms with Crippen molar-refractivity contribution in [1.82, 2.24) is 0 Å². The molecule has 0 aromatic heterocycles. The van der Waals surface area contributed by atoms with Crippen molar-refractivity contribution in [1.29, 1.82) is 0 Å². The molecule has 0 fully saturated rings. The number of ether oxygens (including phenoxy) is 1. The number of halogens is 2. The molecule has 1 N–H and O–H groups in total. The van der Waals surface area contributed by atoms with Crippen LogP contribution >= 0.6 is 31.9 Å². The highest BCUT2D eigenvalue weighted by Crippen LogP contribution is 2.32. The van der Waals surface area contributed by atoms with Gasteiger partial charge in [0, 0.05) is 15.5 Å². The molecule has 0 saturated carbocycles. The first-order chi connectivity index (χ1) is 11.5. The molecule has 3 aromatic rings. The van der Waals surface area contributed by atoms with Crippen LogP contribution in [0.3, 0.4) is 0 Å². The largest absolute Gasteiger partial charge is 0.482 e. The first-order valence-electron chi connectivity index (χ1n) is 7.40. The molecule has 3 nitrogen and oxygen atoms in total. The average molecular weight is 449 g/mol. The van der Waals surface area contributed by atoms with Gasteiger partial charge >= 0.3 is 0 Å². The second-order valence-corrected chi connectivity index (χ2v) is 7.17. The fourth-order valence-electron chi connectivity index (χ4n) is 2.53. The van der Waals surface area contributed by atoms with Crippen molar-refractivity contribution in [3.8, 4) is 5.75 Å². The number of anilines is 1. The third kappa shape index (κ3) is 3.79. The van der Waals surface area contributed by atoms with E-state index in [1.165, 1.54) is 0 Å². The summed E-state index contributed by atoms with van der Waals surface area (Å²) in [6.07, 6.45) is 0. The Hall–Kier alpha value is -1.85. The lowest BCUT2D eigenvalue weighted by molar-refractivity contribution is -0.118. The fourth-order valence-corrected chi connectivity index (χ4v) is 4.08. The molecule has 1 amide bonds. The molecule has 0 aliphatic rings. The highest BCUT2D eigenvalue weighted by atomic mass is 79.9. The standard InChI is InChI=1S/C19H15Br2NO2/c1-12-9-14(20)10-16(21)19(12)24-11-18(23)22-17-8-4-6-13-5-2-3-7-15(13)17/h2-10H,11H2,1H3,(H,22,23). The Morgan fingerprint density at radius 2 is 1.83 bits per heavy atom. The van der Waals surface area contributed by atoms with E-state index in [9.17, 15) is 4.79 Å². The second-order valence-electron chi connectivity index (χ2n) is 5.40. The van der Waals surface area contributed by atoms with Crippen molar-refractivity contribution < 1.29 is 9.53 Å². The molecule has 3 rings (SSSR count). The van der Waals surface area contributed by atoms with E-state index in [0.29, 0.717) is 5.75 Å². The van der Waals surface area contributed by atoms with Gasteiger partial charge in [-0.3, -0.25) is 4.79 Å². The van der Waals surface area contributed by atoms with Gasteiger partial charge in [-0.15, -0.1) is 0 Å². The zero-order valence-corrected chi connectivity index (χ0v) is 16.1. The van der Waals surface area contributed by atoms with Gasteiger partial charge in [-0.05, 0) is 52.0 Å². The third-order valence-electron chi connectivity index (χ3n) is 3.61. The van der Waals surface area contributed by atoms with Gasteiger partial charge in [-0.25, -0.2) is 0 Å². The zero-order valence-electron chi connectivity index (χ0n) is 13.0. The number of fused-ring (bicyclic) bond motifs is 1. The molecule has 0 bridgehead atoms. The van der Waals surface area contributed by atoms with Gasteiger partial charge in [0.05, 0.1) is 4.47 Å². The van der Waals surface area contributed by atoms with Gasteiger partial charge in [-0.2, -0.15) is 0 Å². The number of aryl methyl sites for hydroxylation is 1. The average Bonchev–Trinajstić information content (AvgIpc) is 2.54. The Balaban J connectivity index is 1.72. The van der Waals surface area contributed by atoms with E-state index >= 15 is 0 Å². The Kier molecular flexibility index (Phi) is 5.21. The SMILES string of the molecule is Cc1cc(Br)cc(Br)c1OCC(=O)Nc1cccc2ccccc12. The van der Waals surface area contributed by atoms with Crippen molar-refractivity contribution >= 4 is 54.2 Å². The second kappa shape index (κ2) is 7.36. The van der Waals surface area contributed by atoms with Crippen molar-refractivity contribution in [3.05, 3.63) is 69.1 Å². The monoisotopic (exact) mass is 447 g/mol. The van der Waals surface area contributed by atoms with Crippen LogP contribution in [0.15, 0.2) is 63.5 Å². The Labute approximate surface area is 157 Å². The summed E-state index contributed by atoms with van der Waals surface area (Å²) in [5, 5.41) is 5.01. The van der Waals surface area contributed by atoms with Gasteiger partial charge < -0.3 is 10.1 Å². The van der Waals surface area contributed by atoms with Gasteiger partial charge in [0.1, 0.15) is 5.75 Å². The Bertz CT molecular complexity index is 881. The smallest absolute Gasteiger partial charge is 0.262 e. The molecular formula is C19H15Br2NO2. The number of nitrogens with one attached hydrogen (secondary N) is 1. The molecule has 5 heteroatoms. The molecule has 0 spiro atoms. The molecule has 3 aromatic carbocycles. The summed E-state index contributed by atoms with van der Waals surface area (Å²) in [5.74, 6) is 0.479. The van der Waals surface area contributed by atoms with E-state index in [4.69, 9.17) is 4.74 Å². The maximum atomic E-state index is 12.3. The lowest BCUT2D eigenvalue weighted by Gasteiger charge is -2.13. The van der Waals surface area contributed by atoms with E-state index in [2.05, 4.69) is 37.2 Å². The minimum Gasteiger partial charge on any atom is -0.482 e. The van der Waals surface area contributed by atoms with Crippen LogP contribution in [0.2, 0.25) is 0 Å². The number of benzene rings is 3. The highest BCUT2D eigenvalue weighted by Gasteiger charge is 2.11. The molecule has 0 aliphatic heterocycles. The van der Waals surface area contributed by atoms with Crippen molar-refractivity contribution in [2.45, 2.75) is 6.92 Å². The fraction of sp³-hybridized carbons (Fsp3) is 0.105. The summed E-state index contributed by atoms with van der Waals surface area (Å²) in [7, 11) is 0. The number of hydrogen-bond acceptors (Lipinski definition) is 2. The molecule has 0 atom stereocenters. The molecule has 122 valence electrons. The number of amides is 1. The minimum absolute atomic E-state index is 0.0513. The van der Waals surface area contributed by atoms with Crippen molar-refractivity contribution in [3.63, 3.8) is 0 Å². The summed E-state index contributed by atoms with van der Waals surface area (Å²) >= 11 is 6.89. The predicted octanol–water partition coefficient (Wildman–Crippen LogP) is 5.69. The number of rotatable bonds is 4. The minimum atomic E-state index is -0.194. The normalized spacial score (nSPS) is 10.6. The van der Waals surface area contributed by atoms with Crippen molar-refractivity contribution in [2.24, 2.45) is 0 Å². The summed E-state index contributed by atoms with van der Waals surface area (Å²) in [5.41, 5.74) is 1.74. The highest BCUT2D eigenvalue weighted by molar-refractivity contribution is 9.11. The molecule has 0 heterocycles. The first-order valence-corrected chi connectivity index (χ1v) is 8.99. The van der Waals surface area contributed by atoms with E-state index in [-0.39, 0.29) is 12.5 Å². The van der Waals surface area contributed by atoms with Gasteiger partial charge in [-0.1, -0.05) is 52.3 Å². The summed E-state index contributed by atoms with van der Waals surface area (Å²) in [6, 6.07) is 17.6. The molecule has 24 heavy (non-hydrogen) atoms. The van der Waals surface area contributed by atoms with Crippen LogP contribution in [-0.4, -0.2) is 12.5 Å². The van der Waals surface area contributed by atoms with Crippen LogP contribution in [-0.2, 0) is 4.79 Å². The Morgan fingerprint density at radius 1 is 1.08 bits per heavy atom. The van der Waals surface area contributed by atoms with Gasteiger partial charge in [0.2, 0.25) is 0 Å². The topological polar surface area (TPSA) is 38.3 Å². The Morgan fingerprint density at radius 3 is 2.62 bits per heavy atom. The lowest BCUT2D eigenvalue weighted by atomic mass is 10.1. The first kappa shape index (κ1) is 17.0. The van der Waals surface area contributed by atoms with Crippen LogP contribution in [0.5, 0.6) is 5.75 Å². The summed E-state index contributed by atoms with van der Waals surface area (Å²) in [6.45, 7) is 1.89. The van der Waals surface area contributed by atoms with Crippen molar-refractivity contribution in [2.75, 3.05) is 11.9 Å². The predicted molar refractivity (Wildman–Crippen MR) is 105 cm³/mol. The molecule has 0 unspecified atom stereocenters. The number of carbonyl (C=O) groups excluding carboxylic acids is 1.